The lowest BCUT2D eigenvalue weighted by Gasteiger charge is -2.11. The molecule has 0 aliphatic carbocycles. The average Bonchev–Trinajstić information content (AvgIpc) is 2.46. The van der Waals surface area contributed by atoms with Crippen LogP contribution in [0.1, 0.15) is 45.6 Å². The summed E-state index contributed by atoms with van der Waals surface area (Å²) in [5, 5.41) is 14.2. The Bertz CT molecular complexity index is 449. The van der Waals surface area contributed by atoms with Gasteiger partial charge in [0, 0.05) is 19.2 Å². The summed E-state index contributed by atoms with van der Waals surface area (Å²) in [6.45, 7) is 8.18. The van der Waals surface area contributed by atoms with Gasteiger partial charge in [0.05, 0.1) is 11.5 Å². The van der Waals surface area contributed by atoms with Gasteiger partial charge in [0.15, 0.2) is 0 Å². The van der Waals surface area contributed by atoms with Crippen LogP contribution in [-0.4, -0.2) is 18.1 Å². The molecule has 0 aliphatic rings. The van der Waals surface area contributed by atoms with Crippen LogP contribution in [0.25, 0.3) is 0 Å². The summed E-state index contributed by atoms with van der Waals surface area (Å²) >= 11 is 0. The van der Waals surface area contributed by atoms with Crippen molar-refractivity contribution in [1.29, 1.82) is 0 Å². The molecule has 21 heavy (non-hydrogen) atoms. The van der Waals surface area contributed by atoms with Gasteiger partial charge in [-0.3, -0.25) is 10.1 Å². The van der Waals surface area contributed by atoms with Crippen molar-refractivity contribution in [1.82, 2.24) is 0 Å². The number of nitrogens with zero attached hydrogens (tertiary/aromatic N) is 1. The molecule has 0 aromatic heterocycles. The third-order valence-electron chi connectivity index (χ3n) is 3.28. The average molecular weight is 294 g/mol. The van der Waals surface area contributed by atoms with Gasteiger partial charge in [-0.25, -0.2) is 0 Å². The zero-order chi connectivity index (χ0) is 15.7. The number of hydrogen-bond acceptors (Lipinski definition) is 4. The van der Waals surface area contributed by atoms with E-state index >= 15 is 0 Å². The van der Waals surface area contributed by atoms with Crippen molar-refractivity contribution in [3.8, 4) is 0 Å². The molecule has 1 atom stereocenters. The van der Waals surface area contributed by atoms with Gasteiger partial charge in [0.1, 0.15) is 5.69 Å². The third kappa shape index (κ3) is 6.12. The molecular weight excluding hydrogens is 268 g/mol. The molecule has 5 heteroatoms. The van der Waals surface area contributed by atoms with Crippen LogP contribution in [0.2, 0.25) is 0 Å². The molecule has 0 radical (unpaired) electrons. The molecule has 1 aromatic rings. The molecule has 0 saturated heterocycles. The maximum Gasteiger partial charge on any atom is 0.292 e. The molecule has 1 aromatic carbocycles. The minimum absolute atomic E-state index is 0.117. The summed E-state index contributed by atoms with van der Waals surface area (Å²) in [5.41, 5.74) is 1.53. The fourth-order valence-electron chi connectivity index (χ4n) is 2.18. The van der Waals surface area contributed by atoms with Gasteiger partial charge in [-0.15, -0.1) is 0 Å². The van der Waals surface area contributed by atoms with E-state index in [9.17, 15) is 10.1 Å². The molecule has 1 N–H and O–H groups in total. The number of hydrogen-bond donors (Lipinski definition) is 1. The molecule has 0 fully saturated rings. The van der Waals surface area contributed by atoms with E-state index in [1.165, 1.54) is 0 Å². The smallest absolute Gasteiger partial charge is 0.292 e. The summed E-state index contributed by atoms with van der Waals surface area (Å²) in [7, 11) is 0. The Morgan fingerprint density at radius 2 is 2.10 bits per heavy atom. The van der Waals surface area contributed by atoms with Crippen LogP contribution in [-0.2, 0) is 11.3 Å². The number of ether oxygens (including phenoxy) is 1. The van der Waals surface area contributed by atoms with Gasteiger partial charge < -0.3 is 10.1 Å². The fourth-order valence-corrected chi connectivity index (χ4v) is 2.18. The lowest BCUT2D eigenvalue weighted by atomic mass is 10.1. The highest BCUT2D eigenvalue weighted by Gasteiger charge is 2.14. The number of anilines is 1. The molecular formula is C16H26N2O3. The normalized spacial score (nSPS) is 12.1. The second kappa shape index (κ2) is 9.34. The van der Waals surface area contributed by atoms with E-state index in [0.717, 1.165) is 31.4 Å². The quantitative estimate of drug-likeness (QED) is 0.514. The SMILES string of the molecule is CCCNc1ccc(COCC(C)CCC)cc1[N+](=O)[O-]. The van der Waals surface area contributed by atoms with Crippen LogP contribution in [0.3, 0.4) is 0 Å². The Balaban J connectivity index is 2.63. The summed E-state index contributed by atoms with van der Waals surface area (Å²) < 4.78 is 5.65. The highest BCUT2D eigenvalue weighted by Crippen LogP contribution is 2.26. The first-order valence-electron chi connectivity index (χ1n) is 7.67. The Morgan fingerprint density at radius 3 is 2.71 bits per heavy atom. The number of benzene rings is 1. The first-order valence-corrected chi connectivity index (χ1v) is 7.67. The van der Waals surface area contributed by atoms with Crippen LogP contribution < -0.4 is 5.32 Å². The topological polar surface area (TPSA) is 64.4 Å². The van der Waals surface area contributed by atoms with Gasteiger partial charge in [-0.2, -0.15) is 0 Å². The predicted octanol–water partition coefficient (Wildman–Crippen LogP) is 4.37. The maximum absolute atomic E-state index is 11.1. The Morgan fingerprint density at radius 1 is 1.33 bits per heavy atom. The lowest BCUT2D eigenvalue weighted by molar-refractivity contribution is -0.384. The van der Waals surface area contributed by atoms with E-state index in [0.29, 0.717) is 24.8 Å². The van der Waals surface area contributed by atoms with Crippen LogP contribution in [0, 0.1) is 16.0 Å². The van der Waals surface area contributed by atoms with Gasteiger partial charge in [-0.05, 0) is 30.4 Å². The van der Waals surface area contributed by atoms with Crippen molar-refractivity contribution in [2.75, 3.05) is 18.5 Å². The van der Waals surface area contributed by atoms with Gasteiger partial charge in [0.2, 0.25) is 0 Å². The summed E-state index contributed by atoms with van der Waals surface area (Å²) in [5.74, 6) is 0.524. The van der Waals surface area contributed by atoms with Crippen LogP contribution >= 0.6 is 0 Å². The van der Waals surface area contributed by atoms with Crippen molar-refractivity contribution in [2.24, 2.45) is 5.92 Å². The highest BCUT2D eigenvalue weighted by molar-refractivity contribution is 5.62. The standard InChI is InChI=1S/C16H26N2O3/c1-4-6-13(3)11-21-12-14-7-8-15(17-9-5-2)16(10-14)18(19)20/h7-8,10,13,17H,4-6,9,11-12H2,1-3H3. The summed E-state index contributed by atoms with van der Waals surface area (Å²) in [6, 6.07) is 5.25. The second-order valence-corrected chi connectivity index (χ2v) is 5.44. The first-order chi connectivity index (χ1) is 10.1. The van der Waals surface area contributed by atoms with Crippen LogP contribution in [0.5, 0.6) is 0 Å². The number of nitro benzene ring substituents is 1. The summed E-state index contributed by atoms with van der Waals surface area (Å²) in [4.78, 5) is 10.8. The highest BCUT2D eigenvalue weighted by atomic mass is 16.6. The van der Waals surface area contributed by atoms with Crippen molar-refractivity contribution in [3.05, 3.63) is 33.9 Å². The lowest BCUT2D eigenvalue weighted by Crippen LogP contribution is -2.07. The Hall–Kier alpha value is -1.62. The molecule has 1 rings (SSSR count). The minimum atomic E-state index is -0.346. The molecule has 0 bridgehead atoms. The summed E-state index contributed by atoms with van der Waals surface area (Å²) in [6.07, 6.45) is 3.21. The van der Waals surface area contributed by atoms with Gasteiger partial charge in [-0.1, -0.05) is 33.3 Å². The molecule has 0 aliphatic heterocycles. The van der Waals surface area contributed by atoms with E-state index in [4.69, 9.17) is 4.74 Å². The maximum atomic E-state index is 11.1. The largest absolute Gasteiger partial charge is 0.380 e. The van der Waals surface area contributed by atoms with Gasteiger partial charge >= 0.3 is 0 Å². The monoisotopic (exact) mass is 294 g/mol. The van der Waals surface area contributed by atoms with Crippen molar-refractivity contribution >= 4 is 11.4 Å². The Kier molecular flexibility index (Phi) is 7.75. The van der Waals surface area contributed by atoms with E-state index in [-0.39, 0.29) is 10.6 Å². The van der Waals surface area contributed by atoms with E-state index in [1.54, 1.807) is 12.1 Å². The van der Waals surface area contributed by atoms with Crippen molar-refractivity contribution in [3.63, 3.8) is 0 Å². The molecule has 0 amide bonds. The van der Waals surface area contributed by atoms with Crippen molar-refractivity contribution in [2.45, 2.75) is 46.6 Å². The predicted molar refractivity (Wildman–Crippen MR) is 85.6 cm³/mol. The zero-order valence-corrected chi connectivity index (χ0v) is 13.2. The molecule has 0 saturated carbocycles. The zero-order valence-electron chi connectivity index (χ0n) is 13.2. The second-order valence-electron chi connectivity index (χ2n) is 5.44. The fraction of sp³-hybridized carbons (Fsp3) is 0.625. The van der Waals surface area contributed by atoms with Crippen LogP contribution in [0.4, 0.5) is 11.4 Å². The number of rotatable bonds is 10. The number of nitro groups is 1. The van der Waals surface area contributed by atoms with Gasteiger partial charge in [0.25, 0.3) is 5.69 Å². The van der Waals surface area contributed by atoms with E-state index in [1.807, 2.05) is 13.0 Å². The molecule has 5 nitrogen and oxygen atoms in total. The molecule has 1 unspecified atom stereocenters. The third-order valence-corrected chi connectivity index (χ3v) is 3.28. The first kappa shape index (κ1) is 17.4. The Labute approximate surface area is 126 Å². The van der Waals surface area contributed by atoms with Crippen LogP contribution in [0.15, 0.2) is 18.2 Å². The molecule has 118 valence electrons. The molecule has 0 spiro atoms. The van der Waals surface area contributed by atoms with E-state index in [2.05, 4.69) is 19.2 Å². The van der Waals surface area contributed by atoms with Crippen molar-refractivity contribution < 1.29 is 9.66 Å². The molecule has 0 heterocycles. The van der Waals surface area contributed by atoms with E-state index < -0.39 is 0 Å². The minimum Gasteiger partial charge on any atom is -0.380 e. The number of nitrogens with one attached hydrogen (secondary N) is 1.